The predicted molar refractivity (Wildman–Crippen MR) is 190 cm³/mol. The second-order valence-corrected chi connectivity index (χ2v) is 13.0. The van der Waals surface area contributed by atoms with Crippen LogP contribution in [0.1, 0.15) is 0 Å². The van der Waals surface area contributed by atoms with Gasteiger partial charge in [0.1, 0.15) is 0 Å². The van der Waals surface area contributed by atoms with Crippen LogP contribution >= 0.6 is 22.7 Å². The minimum Gasteiger partial charge on any atom is -0.308 e. The molecular formula is C40H25NS2. The van der Waals surface area contributed by atoms with Gasteiger partial charge in [-0.05, 0) is 58.3 Å². The highest BCUT2D eigenvalue weighted by Gasteiger charge is 2.21. The van der Waals surface area contributed by atoms with E-state index < -0.39 is 0 Å². The first kappa shape index (κ1) is 24.6. The molecule has 9 rings (SSSR count). The van der Waals surface area contributed by atoms with Crippen LogP contribution in [0.3, 0.4) is 0 Å². The van der Waals surface area contributed by atoms with Gasteiger partial charge in [-0.2, -0.15) is 0 Å². The van der Waals surface area contributed by atoms with Crippen LogP contribution in [0.15, 0.2) is 152 Å². The van der Waals surface area contributed by atoms with Gasteiger partial charge < -0.3 is 4.90 Å². The molecule has 0 amide bonds. The fourth-order valence-corrected chi connectivity index (χ4v) is 8.90. The molecule has 202 valence electrons. The molecule has 0 saturated carbocycles. The van der Waals surface area contributed by atoms with Crippen LogP contribution in [0.25, 0.3) is 62.2 Å². The van der Waals surface area contributed by atoms with Gasteiger partial charge in [0.25, 0.3) is 0 Å². The molecule has 0 unspecified atom stereocenters. The van der Waals surface area contributed by atoms with Gasteiger partial charge in [0.2, 0.25) is 0 Å². The fraction of sp³-hybridized carbons (Fsp3) is 0. The normalized spacial score (nSPS) is 11.7. The van der Waals surface area contributed by atoms with Gasteiger partial charge in [-0.1, -0.05) is 115 Å². The molecular weight excluding hydrogens is 559 g/mol. The molecule has 0 N–H and O–H groups in total. The van der Waals surface area contributed by atoms with E-state index in [4.69, 9.17) is 0 Å². The monoisotopic (exact) mass is 583 g/mol. The zero-order valence-electron chi connectivity index (χ0n) is 23.2. The van der Waals surface area contributed by atoms with Crippen LogP contribution in [-0.2, 0) is 0 Å². The zero-order chi connectivity index (χ0) is 28.3. The Morgan fingerprint density at radius 2 is 0.860 bits per heavy atom. The molecule has 0 saturated heterocycles. The maximum atomic E-state index is 2.47. The van der Waals surface area contributed by atoms with Crippen molar-refractivity contribution in [3.8, 4) is 11.1 Å². The average molecular weight is 584 g/mol. The van der Waals surface area contributed by atoms with E-state index in [1.807, 2.05) is 22.7 Å². The molecule has 2 aromatic heterocycles. The van der Waals surface area contributed by atoms with Gasteiger partial charge >= 0.3 is 0 Å². The van der Waals surface area contributed by atoms with E-state index in [9.17, 15) is 0 Å². The third-order valence-corrected chi connectivity index (χ3v) is 10.9. The predicted octanol–water partition coefficient (Wildman–Crippen LogP) is 12.7. The van der Waals surface area contributed by atoms with Crippen molar-refractivity contribution < 1.29 is 0 Å². The second kappa shape index (κ2) is 9.81. The standard InChI is InChI=1S/C40H25NS2/c1-2-12-29-26(10-1)11-7-15-30(29)27-22-24-28(25-23-27)41(35-18-8-16-33-31-13-3-5-20-37(31)42-39(33)35)36-19-9-17-34-32-14-4-6-21-38(32)43-40(34)36/h1-25H. The van der Waals surface area contributed by atoms with Crippen molar-refractivity contribution in [3.05, 3.63) is 152 Å². The molecule has 0 fully saturated rings. The summed E-state index contributed by atoms with van der Waals surface area (Å²) in [6.07, 6.45) is 0. The summed E-state index contributed by atoms with van der Waals surface area (Å²) in [5, 5.41) is 7.78. The number of rotatable bonds is 4. The third-order valence-electron chi connectivity index (χ3n) is 8.47. The minimum absolute atomic E-state index is 1.15. The van der Waals surface area contributed by atoms with E-state index in [1.54, 1.807) is 0 Å². The number of nitrogens with zero attached hydrogens (tertiary/aromatic N) is 1. The van der Waals surface area contributed by atoms with Gasteiger partial charge in [-0.3, -0.25) is 0 Å². The number of hydrogen-bond donors (Lipinski definition) is 0. The minimum atomic E-state index is 1.15. The number of hydrogen-bond acceptors (Lipinski definition) is 3. The molecule has 0 aliphatic rings. The lowest BCUT2D eigenvalue weighted by Crippen LogP contribution is -2.10. The molecule has 9 aromatic rings. The summed E-state index contributed by atoms with van der Waals surface area (Å²) in [5.41, 5.74) is 6.05. The number of anilines is 3. The lowest BCUT2D eigenvalue weighted by molar-refractivity contribution is 1.32. The van der Waals surface area contributed by atoms with Crippen molar-refractivity contribution in [2.24, 2.45) is 0 Å². The van der Waals surface area contributed by atoms with Crippen LogP contribution in [0, 0.1) is 0 Å². The first-order chi connectivity index (χ1) is 21.3. The summed E-state index contributed by atoms with van der Waals surface area (Å²) in [6.45, 7) is 0. The van der Waals surface area contributed by atoms with Gasteiger partial charge in [0, 0.05) is 36.6 Å². The van der Waals surface area contributed by atoms with E-state index in [2.05, 4.69) is 157 Å². The number of thiophene rings is 2. The molecule has 7 aromatic carbocycles. The largest absolute Gasteiger partial charge is 0.308 e. The quantitative estimate of drug-likeness (QED) is 0.199. The molecule has 3 heteroatoms. The molecule has 0 atom stereocenters. The van der Waals surface area contributed by atoms with Crippen LogP contribution in [-0.4, -0.2) is 0 Å². The number of fused-ring (bicyclic) bond motifs is 7. The Morgan fingerprint density at radius 3 is 1.49 bits per heavy atom. The fourth-order valence-electron chi connectivity index (χ4n) is 6.49. The van der Waals surface area contributed by atoms with Crippen LogP contribution in [0.2, 0.25) is 0 Å². The molecule has 43 heavy (non-hydrogen) atoms. The number of benzene rings is 7. The maximum Gasteiger partial charge on any atom is 0.0640 e. The Kier molecular flexibility index (Phi) is 5.62. The summed E-state index contributed by atoms with van der Waals surface area (Å²) in [6, 6.07) is 55.4. The second-order valence-electron chi connectivity index (χ2n) is 10.9. The van der Waals surface area contributed by atoms with Crippen LogP contribution < -0.4 is 4.90 Å². The van der Waals surface area contributed by atoms with Gasteiger partial charge in [0.15, 0.2) is 0 Å². The summed E-state index contributed by atoms with van der Waals surface area (Å²) in [5.74, 6) is 0. The summed E-state index contributed by atoms with van der Waals surface area (Å²) < 4.78 is 5.24. The third kappa shape index (κ3) is 3.90. The topological polar surface area (TPSA) is 3.24 Å². The first-order valence-corrected chi connectivity index (χ1v) is 16.2. The Morgan fingerprint density at radius 1 is 0.372 bits per heavy atom. The lowest BCUT2D eigenvalue weighted by Gasteiger charge is -2.27. The lowest BCUT2D eigenvalue weighted by atomic mass is 9.98. The average Bonchev–Trinajstić information content (AvgIpc) is 3.65. The summed E-state index contributed by atoms with van der Waals surface area (Å²) in [4.78, 5) is 2.47. The van der Waals surface area contributed by atoms with Crippen molar-refractivity contribution in [1.29, 1.82) is 0 Å². The smallest absolute Gasteiger partial charge is 0.0640 e. The SMILES string of the molecule is c1ccc2c(-c3ccc(N(c4cccc5c4sc4ccccc45)c4cccc5c4sc4ccccc45)cc3)cccc2c1. The van der Waals surface area contributed by atoms with E-state index in [1.165, 1.54) is 73.6 Å². The molecule has 0 spiro atoms. The summed E-state index contributed by atoms with van der Waals surface area (Å²) >= 11 is 3.76. The molecule has 1 nitrogen and oxygen atoms in total. The summed E-state index contributed by atoms with van der Waals surface area (Å²) in [7, 11) is 0. The van der Waals surface area contributed by atoms with E-state index in [0.29, 0.717) is 0 Å². The Bertz CT molecular complexity index is 2350. The Labute approximate surface area is 257 Å². The van der Waals surface area contributed by atoms with E-state index in [0.717, 1.165) is 5.69 Å². The van der Waals surface area contributed by atoms with Crippen LogP contribution in [0.4, 0.5) is 17.1 Å². The van der Waals surface area contributed by atoms with E-state index >= 15 is 0 Å². The Hall–Kier alpha value is -4.96. The van der Waals surface area contributed by atoms with Gasteiger partial charge in [-0.25, -0.2) is 0 Å². The highest BCUT2D eigenvalue weighted by molar-refractivity contribution is 7.27. The van der Waals surface area contributed by atoms with Crippen molar-refractivity contribution in [1.82, 2.24) is 0 Å². The molecule has 0 aliphatic carbocycles. The van der Waals surface area contributed by atoms with Crippen molar-refractivity contribution in [2.75, 3.05) is 4.90 Å². The zero-order valence-corrected chi connectivity index (χ0v) is 24.8. The van der Waals surface area contributed by atoms with Crippen LogP contribution in [0.5, 0.6) is 0 Å². The van der Waals surface area contributed by atoms with Crippen molar-refractivity contribution in [3.63, 3.8) is 0 Å². The molecule has 0 bridgehead atoms. The highest BCUT2D eigenvalue weighted by Crippen LogP contribution is 2.48. The van der Waals surface area contributed by atoms with Crippen molar-refractivity contribution in [2.45, 2.75) is 0 Å². The first-order valence-electron chi connectivity index (χ1n) is 14.5. The van der Waals surface area contributed by atoms with Gasteiger partial charge in [0.05, 0.1) is 20.8 Å². The molecule has 0 aliphatic heterocycles. The molecule has 0 radical (unpaired) electrons. The van der Waals surface area contributed by atoms with Gasteiger partial charge in [-0.15, -0.1) is 22.7 Å². The Balaban J connectivity index is 1.29. The molecule has 2 heterocycles. The van der Waals surface area contributed by atoms with Crippen molar-refractivity contribution >= 4 is 90.9 Å². The maximum absolute atomic E-state index is 2.47. The highest BCUT2D eigenvalue weighted by atomic mass is 32.1. The van der Waals surface area contributed by atoms with E-state index in [-0.39, 0.29) is 0 Å².